The van der Waals surface area contributed by atoms with Crippen LogP contribution in [0.5, 0.6) is 0 Å². The highest BCUT2D eigenvalue weighted by atomic mass is 32.2. The molecule has 28 heavy (non-hydrogen) atoms. The number of hydrogen-bond acceptors (Lipinski definition) is 6. The Morgan fingerprint density at radius 2 is 1.96 bits per heavy atom. The van der Waals surface area contributed by atoms with Crippen molar-refractivity contribution in [3.63, 3.8) is 0 Å². The number of nitrogens with zero attached hydrogens (tertiary/aromatic N) is 5. The van der Waals surface area contributed by atoms with Crippen molar-refractivity contribution in [3.8, 4) is 11.5 Å². The Morgan fingerprint density at radius 1 is 1.18 bits per heavy atom. The minimum absolute atomic E-state index is 0.508. The second kappa shape index (κ2) is 8.73. The van der Waals surface area contributed by atoms with Crippen LogP contribution >= 0.6 is 11.8 Å². The molecule has 4 rings (SSSR count). The van der Waals surface area contributed by atoms with E-state index in [1.54, 1.807) is 11.8 Å². The van der Waals surface area contributed by atoms with E-state index in [0.29, 0.717) is 23.4 Å². The van der Waals surface area contributed by atoms with Gasteiger partial charge in [0.1, 0.15) is 5.82 Å². The molecule has 0 saturated heterocycles. The molecule has 0 atom stereocenters. The minimum Gasteiger partial charge on any atom is -0.334 e. The van der Waals surface area contributed by atoms with Crippen LogP contribution in [0.1, 0.15) is 55.2 Å². The van der Waals surface area contributed by atoms with Crippen molar-refractivity contribution < 1.29 is 4.52 Å². The molecule has 1 aromatic carbocycles. The Labute approximate surface area is 169 Å². The van der Waals surface area contributed by atoms with Crippen LogP contribution < -0.4 is 0 Å². The predicted molar refractivity (Wildman–Crippen MR) is 110 cm³/mol. The van der Waals surface area contributed by atoms with Crippen LogP contribution in [0.15, 0.2) is 46.6 Å². The van der Waals surface area contributed by atoms with Crippen molar-refractivity contribution in [1.29, 1.82) is 0 Å². The number of thioether (sulfide) groups is 1. The molecule has 3 aromatic rings. The normalized spacial score (nSPS) is 15.0. The fraction of sp³-hybridized carbons (Fsp3) is 0.429. The van der Waals surface area contributed by atoms with E-state index in [9.17, 15) is 0 Å². The molecule has 0 aliphatic heterocycles. The highest BCUT2D eigenvalue weighted by Gasteiger charge is 2.23. The molecule has 2 aromatic heterocycles. The van der Waals surface area contributed by atoms with E-state index in [0.717, 1.165) is 23.1 Å². The quantitative estimate of drug-likeness (QED) is 0.406. The van der Waals surface area contributed by atoms with Gasteiger partial charge in [-0.3, -0.25) is 0 Å². The Bertz CT molecular complexity index is 925. The molecule has 1 saturated carbocycles. The summed E-state index contributed by atoms with van der Waals surface area (Å²) in [5, 5.41) is 14.0. The second-order valence-corrected chi connectivity index (χ2v) is 8.19. The van der Waals surface area contributed by atoms with Crippen molar-refractivity contribution >= 4 is 11.8 Å². The molecule has 0 amide bonds. The smallest absolute Gasteiger partial charge is 0.257 e. The van der Waals surface area contributed by atoms with E-state index in [2.05, 4.69) is 38.4 Å². The van der Waals surface area contributed by atoms with E-state index in [1.165, 1.54) is 37.7 Å². The lowest BCUT2D eigenvalue weighted by molar-refractivity contribution is 0.415. The number of benzene rings is 1. The summed E-state index contributed by atoms with van der Waals surface area (Å²) < 4.78 is 7.61. The maximum Gasteiger partial charge on any atom is 0.257 e. The average Bonchev–Trinajstić information content (AvgIpc) is 3.35. The largest absolute Gasteiger partial charge is 0.334 e. The first-order valence-corrected chi connectivity index (χ1v) is 10.8. The van der Waals surface area contributed by atoms with Crippen LogP contribution in [0.25, 0.3) is 11.5 Å². The van der Waals surface area contributed by atoms with Crippen molar-refractivity contribution in [2.45, 2.75) is 62.4 Å². The van der Waals surface area contributed by atoms with Gasteiger partial charge in [-0.15, -0.1) is 16.8 Å². The van der Waals surface area contributed by atoms with Gasteiger partial charge < -0.3 is 9.09 Å². The van der Waals surface area contributed by atoms with Crippen molar-refractivity contribution in [2.75, 3.05) is 0 Å². The zero-order valence-electron chi connectivity index (χ0n) is 16.2. The van der Waals surface area contributed by atoms with E-state index in [-0.39, 0.29) is 0 Å². The maximum atomic E-state index is 5.42. The van der Waals surface area contributed by atoms with Gasteiger partial charge in [0.15, 0.2) is 11.0 Å². The molecule has 2 heterocycles. The standard InChI is InChI=1S/C21H25N5OS/c1-3-13-26-19(16-7-5-4-6-8-16)23-24-21(26)28-14-18-22-20(27-25-18)17-11-9-15(2)10-12-17/h3,9-12,16H,1,4-8,13-14H2,2H3. The van der Waals surface area contributed by atoms with E-state index in [4.69, 9.17) is 4.52 Å². The van der Waals surface area contributed by atoms with Crippen LogP contribution in [-0.4, -0.2) is 24.9 Å². The highest BCUT2D eigenvalue weighted by molar-refractivity contribution is 7.98. The minimum atomic E-state index is 0.508. The van der Waals surface area contributed by atoms with Gasteiger partial charge in [0.25, 0.3) is 5.89 Å². The number of aryl methyl sites for hydroxylation is 1. The lowest BCUT2D eigenvalue weighted by Gasteiger charge is -2.21. The van der Waals surface area contributed by atoms with E-state index in [1.807, 2.05) is 30.3 Å². The third kappa shape index (κ3) is 4.19. The molecular formula is C21H25N5OS. The summed E-state index contributed by atoms with van der Waals surface area (Å²) in [6.45, 7) is 6.68. The summed E-state index contributed by atoms with van der Waals surface area (Å²) in [6, 6.07) is 8.07. The first-order valence-electron chi connectivity index (χ1n) is 9.81. The molecule has 146 valence electrons. The van der Waals surface area contributed by atoms with E-state index < -0.39 is 0 Å². The zero-order valence-corrected chi connectivity index (χ0v) is 17.0. The van der Waals surface area contributed by atoms with Gasteiger partial charge in [0.05, 0.1) is 5.75 Å². The van der Waals surface area contributed by atoms with E-state index >= 15 is 0 Å². The van der Waals surface area contributed by atoms with Gasteiger partial charge in [0.2, 0.25) is 0 Å². The molecular weight excluding hydrogens is 370 g/mol. The summed E-state index contributed by atoms with van der Waals surface area (Å²) in [5.41, 5.74) is 2.14. The molecule has 0 unspecified atom stereocenters. The van der Waals surface area contributed by atoms with Gasteiger partial charge in [-0.1, -0.05) is 60.0 Å². The molecule has 0 radical (unpaired) electrons. The topological polar surface area (TPSA) is 69.6 Å². The van der Waals surface area contributed by atoms with Crippen LogP contribution in [0.3, 0.4) is 0 Å². The number of allylic oxidation sites excluding steroid dienone is 1. The fourth-order valence-electron chi connectivity index (χ4n) is 3.63. The average molecular weight is 396 g/mol. The predicted octanol–water partition coefficient (Wildman–Crippen LogP) is 5.16. The van der Waals surface area contributed by atoms with Crippen LogP contribution in [0, 0.1) is 6.92 Å². The van der Waals surface area contributed by atoms with Gasteiger partial charge >= 0.3 is 0 Å². The van der Waals surface area contributed by atoms with Gasteiger partial charge in [-0.2, -0.15) is 4.98 Å². The highest BCUT2D eigenvalue weighted by Crippen LogP contribution is 2.33. The Hall–Kier alpha value is -2.41. The molecule has 1 aliphatic carbocycles. The van der Waals surface area contributed by atoms with Crippen molar-refractivity contribution in [1.82, 2.24) is 24.9 Å². The summed E-state index contributed by atoms with van der Waals surface area (Å²) in [7, 11) is 0. The second-order valence-electron chi connectivity index (χ2n) is 7.25. The van der Waals surface area contributed by atoms with Crippen molar-refractivity contribution in [3.05, 3.63) is 54.1 Å². The lowest BCUT2D eigenvalue weighted by Crippen LogP contribution is -2.12. The van der Waals surface area contributed by atoms with Gasteiger partial charge in [0, 0.05) is 18.0 Å². The number of aromatic nitrogens is 5. The Morgan fingerprint density at radius 3 is 2.71 bits per heavy atom. The third-order valence-corrected chi connectivity index (χ3v) is 6.09. The Balaban J connectivity index is 1.46. The molecule has 1 aliphatic rings. The number of hydrogen-bond donors (Lipinski definition) is 0. The molecule has 1 fully saturated rings. The fourth-order valence-corrected chi connectivity index (χ4v) is 4.42. The van der Waals surface area contributed by atoms with Gasteiger partial charge in [-0.25, -0.2) is 0 Å². The van der Waals surface area contributed by atoms with Gasteiger partial charge in [-0.05, 0) is 31.9 Å². The molecule has 0 bridgehead atoms. The molecule has 7 heteroatoms. The SMILES string of the molecule is C=CCn1c(SCc2noc(-c3ccc(C)cc3)n2)nnc1C1CCCCC1. The lowest BCUT2D eigenvalue weighted by atomic mass is 9.89. The third-order valence-electron chi connectivity index (χ3n) is 5.12. The number of rotatable bonds is 7. The van der Waals surface area contributed by atoms with Crippen molar-refractivity contribution in [2.24, 2.45) is 0 Å². The summed E-state index contributed by atoms with van der Waals surface area (Å²) in [5.74, 6) is 3.40. The monoisotopic (exact) mass is 395 g/mol. The summed E-state index contributed by atoms with van der Waals surface area (Å²) >= 11 is 1.59. The van der Waals surface area contributed by atoms with Crippen LogP contribution in [0.2, 0.25) is 0 Å². The summed E-state index contributed by atoms with van der Waals surface area (Å²) in [4.78, 5) is 4.52. The van der Waals surface area contributed by atoms with Crippen LogP contribution in [-0.2, 0) is 12.3 Å². The molecule has 0 N–H and O–H groups in total. The Kier molecular flexibility index (Phi) is 5.90. The van der Waals surface area contributed by atoms with Crippen LogP contribution in [0.4, 0.5) is 0 Å². The first kappa shape index (κ1) is 18.9. The molecule has 6 nitrogen and oxygen atoms in total. The maximum absolute atomic E-state index is 5.42. The first-order chi connectivity index (χ1) is 13.7. The summed E-state index contributed by atoms with van der Waals surface area (Å²) in [6.07, 6.45) is 8.19. The zero-order chi connectivity index (χ0) is 19.3. The molecule has 0 spiro atoms.